The van der Waals surface area contributed by atoms with Crippen molar-refractivity contribution >= 4 is 11.5 Å². The molecule has 38 heavy (non-hydrogen) atoms. The van der Waals surface area contributed by atoms with Gasteiger partial charge in [0.25, 0.3) is 0 Å². The van der Waals surface area contributed by atoms with Gasteiger partial charge in [0.15, 0.2) is 5.82 Å². The molecule has 1 aromatic heterocycles. The number of benzene rings is 2. The number of piperidine rings is 1. The third-order valence-corrected chi connectivity index (χ3v) is 9.61. The lowest BCUT2D eigenvalue weighted by Gasteiger charge is -2.54. The van der Waals surface area contributed by atoms with Crippen molar-refractivity contribution in [3.63, 3.8) is 0 Å². The third-order valence-electron chi connectivity index (χ3n) is 9.61. The maximum absolute atomic E-state index is 10.3. The third kappa shape index (κ3) is 4.27. The summed E-state index contributed by atoms with van der Waals surface area (Å²) in [4.78, 5) is 2.44. The van der Waals surface area contributed by atoms with Crippen LogP contribution < -0.4 is 20.7 Å². The fourth-order valence-corrected chi connectivity index (χ4v) is 8.03. The molecular formula is C31H37N5O2. The van der Waals surface area contributed by atoms with Gasteiger partial charge in [-0.15, -0.1) is 10.2 Å². The van der Waals surface area contributed by atoms with Crippen LogP contribution in [-0.4, -0.2) is 47.6 Å². The number of aromatic hydroxyl groups is 1. The molecule has 2 bridgehead atoms. The van der Waals surface area contributed by atoms with Crippen molar-refractivity contribution < 1.29 is 9.84 Å². The van der Waals surface area contributed by atoms with Crippen molar-refractivity contribution in [2.75, 3.05) is 36.8 Å². The number of phenols is 1. The van der Waals surface area contributed by atoms with Crippen LogP contribution in [0, 0.1) is 23.2 Å². The van der Waals surface area contributed by atoms with Gasteiger partial charge in [-0.25, -0.2) is 0 Å². The lowest BCUT2D eigenvalue weighted by molar-refractivity contribution is -0.0120. The number of para-hydroxylation sites is 1. The minimum atomic E-state index is 0.210. The number of aromatic nitrogens is 2. The Morgan fingerprint density at radius 3 is 2.76 bits per heavy atom. The van der Waals surface area contributed by atoms with Gasteiger partial charge in [-0.3, -0.25) is 0 Å². The van der Waals surface area contributed by atoms with Crippen LogP contribution in [0.5, 0.6) is 11.5 Å². The molecule has 7 nitrogen and oxygen atoms in total. The molecule has 0 amide bonds. The first-order chi connectivity index (χ1) is 18.6. The Hall–Kier alpha value is -3.32. The Morgan fingerprint density at radius 1 is 1.03 bits per heavy atom. The maximum atomic E-state index is 10.3. The van der Waals surface area contributed by atoms with Crippen LogP contribution in [0.4, 0.5) is 11.5 Å². The molecule has 0 radical (unpaired) electrons. The van der Waals surface area contributed by atoms with E-state index in [9.17, 15) is 5.11 Å². The Bertz CT molecular complexity index is 1320. The number of anilines is 2. The summed E-state index contributed by atoms with van der Waals surface area (Å²) < 4.78 is 6.35. The van der Waals surface area contributed by atoms with Gasteiger partial charge in [0.1, 0.15) is 17.6 Å². The van der Waals surface area contributed by atoms with Crippen molar-refractivity contribution in [1.82, 2.24) is 15.5 Å². The molecule has 7 heteroatoms. The number of nitrogens with two attached hydrogens (primary N) is 1. The maximum Gasteiger partial charge on any atom is 0.169 e. The topological polar surface area (TPSA) is 96.5 Å². The second kappa shape index (κ2) is 9.45. The zero-order chi connectivity index (χ0) is 25.7. The summed E-state index contributed by atoms with van der Waals surface area (Å²) in [6, 6.07) is 18.2. The van der Waals surface area contributed by atoms with E-state index in [1.807, 2.05) is 24.3 Å². The number of ether oxygens (including phenoxy) is 1. The summed E-state index contributed by atoms with van der Waals surface area (Å²) in [6.45, 7) is 4.11. The molecule has 0 spiro atoms. The molecule has 198 valence electrons. The lowest BCUT2D eigenvalue weighted by atomic mass is 9.53. The number of hydrogen-bond acceptors (Lipinski definition) is 7. The van der Waals surface area contributed by atoms with E-state index in [-0.39, 0.29) is 5.75 Å². The number of hydrogen-bond donors (Lipinski definition) is 3. The number of phenolic OH excluding ortho intramolecular Hbond substituents is 1. The quantitative estimate of drug-likeness (QED) is 0.443. The summed E-state index contributed by atoms with van der Waals surface area (Å²) >= 11 is 0. The summed E-state index contributed by atoms with van der Waals surface area (Å²) in [6.07, 6.45) is 7.51. The van der Waals surface area contributed by atoms with Gasteiger partial charge in [0.2, 0.25) is 0 Å². The summed E-state index contributed by atoms with van der Waals surface area (Å²) in [5.74, 6) is 3.81. The second-order valence-corrected chi connectivity index (χ2v) is 12.1. The Balaban J connectivity index is 1.06. The predicted molar refractivity (Wildman–Crippen MR) is 149 cm³/mol. The first-order valence-corrected chi connectivity index (χ1v) is 14.2. The lowest BCUT2D eigenvalue weighted by Crippen LogP contribution is -2.51. The summed E-state index contributed by atoms with van der Waals surface area (Å²) in [5.41, 5.74) is 10.5. The normalized spacial score (nSPS) is 28.5. The van der Waals surface area contributed by atoms with Gasteiger partial charge in [0.05, 0.1) is 11.4 Å². The first kappa shape index (κ1) is 23.8. The smallest absolute Gasteiger partial charge is 0.169 e. The molecular weight excluding hydrogens is 474 g/mol. The first-order valence-electron chi connectivity index (χ1n) is 14.2. The monoisotopic (exact) mass is 511 g/mol. The van der Waals surface area contributed by atoms with Crippen molar-refractivity contribution in [2.24, 2.45) is 23.2 Å². The molecule has 3 aromatic rings. The Labute approximate surface area is 224 Å². The van der Waals surface area contributed by atoms with E-state index in [1.165, 1.54) is 24.8 Å². The van der Waals surface area contributed by atoms with Crippen LogP contribution in [-0.2, 0) is 6.42 Å². The van der Waals surface area contributed by atoms with Crippen LogP contribution >= 0.6 is 0 Å². The van der Waals surface area contributed by atoms with Gasteiger partial charge >= 0.3 is 0 Å². The highest BCUT2D eigenvalue weighted by Crippen LogP contribution is 2.65. The molecule has 4 aliphatic rings. The fourth-order valence-electron chi connectivity index (χ4n) is 8.03. The highest BCUT2D eigenvalue weighted by molar-refractivity contribution is 5.74. The average molecular weight is 512 g/mol. The Morgan fingerprint density at radius 2 is 1.89 bits per heavy atom. The average Bonchev–Trinajstić information content (AvgIpc) is 3.08. The number of nitrogens with zero attached hydrogens (tertiary/aromatic N) is 3. The fraction of sp³-hybridized carbons (Fsp3) is 0.484. The molecule has 2 aliphatic carbocycles. The van der Waals surface area contributed by atoms with E-state index in [4.69, 9.17) is 10.5 Å². The summed E-state index contributed by atoms with van der Waals surface area (Å²) in [5, 5.41) is 22.3. The molecule has 7 rings (SSSR count). The van der Waals surface area contributed by atoms with Crippen molar-refractivity contribution in [3.05, 3.63) is 60.2 Å². The highest BCUT2D eigenvalue weighted by Gasteiger charge is 2.60. The summed E-state index contributed by atoms with van der Waals surface area (Å²) in [7, 11) is 0. The van der Waals surface area contributed by atoms with E-state index < -0.39 is 0 Å². The highest BCUT2D eigenvalue weighted by atomic mass is 16.5. The molecule has 2 saturated carbocycles. The largest absolute Gasteiger partial charge is 0.507 e. The van der Waals surface area contributed by atoms with Crippen molar-refractivity contribution in [1.29, 1.82) is 0 Å². The number of nitrogens with one attached hydrogen (secondary N) is 1. The molecule has 3 heterocycles. The van der Waals surface area contributed by atoms with Crippen LogP contribution in [0.2, 0.25) is 0 Å². The van der Waals surface area contributed by atoms with Gasteiger partial charge in [-0.05, 0) is 111 Å². The SMILES string of the molecule is Nc1nnc(-c2ccccc2O)cc1N1C[C@@H]2CC3[C@H](C1)CC3(Cc1cccc(OC3CCNCC3)c1)C2. The zero-order valence-corrected chi connectivity index (χ0v) is 21.9. The van der Waals surface area contributed by atoms with Crippen LogP contribution in [0.15, 0.2) is 54.6 Å². The number of fused-ring (bicyclic) bond motifs is 1. The van der Waals surface area contributed by atoms with E-state index in [1.54, 1.807) is 6.07 Å². The predicted octanol–water partition coefficient (Wildman–Crippen LogP) is 4.66. The minimum Gasteiger partial charge on any atom is -0.507 e. The van der Waals surface area contributed by atoms with Gasteiger partial charge in [0, 0.05) is 18.7 Å². The minimum absolute atomic E-state index is 0.210. The second-order valence-electron chi connectivity index (χ2n) is 12.1. The van der Waals surface area contributed by atoms with Crippen molar-refractivity contribution in [2.45, 2.75) is 44.6 Å². The molecule has 2 aliphatic heterocycles. The molecule has 4 atom stereocenters. The zero-order valence-electron chi connectivity index (χ0n) is 21.9. The van der Waals surface area contributed by atoms with Crippen LogP contribution in [0.1, 0.15) is 37.7 Å². The van der Waals surface area contributed by atoms with Crippen molar-refractivity contribution in [3.8, 4) is 22.8 Å². The van der Waals surface area contributed by atoms with Crippen LogP contribution in [0.3, 0.4) is 0 Å². The standard InChI is InChI=1S/C31H37N5O2/c32-30-28(14-27(34-35-30)25-6-1-2-7-29(25)37)36-18-21-13-26-22(19-36)17-31(26,16-21)15-20-4-3-5-24(12-20)38-23-8-10-33-11-9-23/h1-7,12,14,21-23,26,33,37H,8-11,13,15-19H2,(H2,32,35)/t21-,22+,26?,31?/m1/s1. The van der Waals surface area contributed by atoms with Crippen LogP contribution in [0.25, 0.3) is 11.3 Å². The van der Waals surface area contributed by atoms with Gasteiger partial charge < -0.3 is 25.8 Å². The van der Waals surface area contributed by atoms with Gasteiger partial charge in [-0.2, -0.15) is 0 Å². The number of nitrogen functional groups attached to an aromatic ring is 1. The van der Waals surface area contributed by atoms with E-state index in [2.05, 4.69) is 44.7 Å². The molecule has 2 unspecified atom stereocenters. The van der Waals surface area contributed by atoms with E-state index >= 15 is 0 Å². The molecule has 4 fully saturated rings. The number of rotatable bonds is 6. The van der Waals surface area contributed by atoms with E-state index in [0.717, 1.165) is 62.8 Å². The molecule has 4 N–H and O–H groups in total. The Kier molecular flexibility index (Phi) is 5.91. The molecule has 2 aromatic carbocycles. The van der Waals surface area contributed by atoms with Gasteiger partial charge in [-0.1, -0.05) is 24.3 Å². The van der Waals surface area contributed by atoms with E-state index in [0.29, 0.717) is 40.4 Å². The molecule has 2 saturated heterocycles.